The summed E-state index contributed by atoms with van der Waals surface area (Å²) in [5, 5.41) is 7.64. The van der Waals surface area contributed by atoms with Crippen molar-refractivity contribution < 1.29 is 4.74 Å². The maximum atomic E-state index is 9.10. The highest BCUT2D eigenvalue weighted by molar-refractivity contribution is 5.55. The third-order valence-electron chi connectivity index (χ3n) is 7.90. The lowest BCUT2D eigenvalue weighted by atomic mass is 9.75. The Morgan fingerprint density at radius 1 is 0.356 bits per heavy atom. The summed E-state index contributed by atoms with van der Waals surface area (Å²) >= 11 is 0. The number of ether oxygens (including phenoxy) is 1. The second-order valence-corrected chi connectivity index (χ2v) is 10.4. The number of hydrogen-bond donors (Lipinski definition) is 0. The lowest BCUT2D eigenvalue weighted by Crippen LogP contribution is -2.44. The van der Waals surface area contributed by atoms with Gasteiger partial charge in [0.25, 0.3) is 0 Å². The Bertz CT molecular complexity index is 1730. The van der Waals surface area contributed by atoms with Gasteiger partial charge in [0.1, 0.15) is 11.2 Å². The third-order valence-corrected chi connectivity index (χ3v) is 7.90. The summed E-state index contributed by atoms with van der Waals surface area (Å²) in [6.45, 7) is 0. The Hall–Kier alpha value is -6.10. The molecule has 0 saturated heterocycles. The Morgan fingerprint density at radius 3 is 0.844 bits per heavy atom. The first-order valence-electron chi connectivity index (χ1n) is 14.4. The summed E-state index contributed by atoms with van der Waals surface area (Å²) in [5.74, 6) is 0. The molecule has 0 amide bonds. The molecule has 6 aromatic carbocycles. The standard InChI is InChI=1S/C38H28N6O/c39-43-41-35-25-21-33(22-26-35)37(29-13-5-1-6-14-29,30-15-7-2-8-16-30)45-38(31-17-9-3-10-18-31,32-19-11-4-12-20-32)34-23-27-36(28-24-34)42-44-40/h1-28H. The van der Waals surface area contributed by atoms with Crippen molar-refractivity contribution in [1.29, 1.82) is 0 Å². The smallest absolute Gasteiger partial charge is 0.145 e. The van der Waals surface area contributed by atoms with Crippen LogP contribution in [0.1, 0.15) is 33.4 Å². The van der Waals surface area contributed by atoms with Crippen LogP contribution in [0.3, 0.4) is 0 Å². The van der Waals surface area contributed by atoms with Gasteiger partial charge >= 0.3 is 0 Å². The second-order valence-electron chi connectivity index (χ2n) is 10.4. The van der Waals surface area contributed by atoms with E-state index in [1.54, 1.807) is 24.3 Å². The van der Waals surface area contributed by atoms with E-state index in [1.807, 2.05) is 97.1 Å². The van der Waals surface area contributed by atoms with Crippen molar-refractivity contribution in [1.82, 2.24) is 0 Å². The normalized spacial score (nSPS) is 11.2. The fourth-order valence-corrected chi connectivity index (χ4v) is 5.90. The molecule has 0 aliphatic heterocycles. The van der Waals surface area contributed by atoms with Gasteiger partial charge in [0.2, 0.25) is 0 Å². The summed E-state index contributed by atoms with van der Waals surface area (Å²) < 4.78 is 7.94. The van der Waals surface area contributed by atoms with Crippen LogP contribution >= 0.6 is 0 Å². The first-order valence-corrected chi connectivity index (χ1v) is 14.4. The summed E-state index contributed by atoms with van der Waals surface area (Å²) in [7, 11) is 0. The zero-order chi connectivity index (χ0) is 31.0. The van der Waals surface area contributed by atoms with Crippen LogP contribution in [0.4, 0.5) is 11.4 Å². The Kier molecular flexibility index (Phi) is 8.40. The summed E-state index contributed by atoms with van der Waals surface area (Å²) in [5.41, 5.74) is 22.2. The molecule has 0 aliphatic carbocycles. The number of rotatable bonds is 10. The van der Waals surface area contributed by atoms with Crippen molar-refractivity contribution in [3.8, 4) is 0 Å². The lowest BCUT2D eigenvalue weighted by Gasteiger charge is -2.46. The minimum absolute atomic E-state index is 0.502. The molecule has 0 bridgehead atoms. The lowest BCUT2D eigenvalue weighted by molar-refractivity contribution is -0.0810. The van der Waals surface area contributed by atoms with E-state index in [2.05, 4.69) is 68.6 Å². The maximum absolute atomic E-state index is 9.10. The predicted octanol–water partition coefficient (Wildman–Crippen LogP) is 10.9. The average Bonchev–Trinajstić information content (AvgIpc) is 3.12. The van der Waals surface area contributed by atoms with E-state index in [0.29, 0.717) is 11.4 Å². The first-order chi connectivity index (χ1) is 22.2. The number of benzene rings is 6. The molecule has 0 aromatic heterocycles. The second kappa shape index (κ2) is 13.0. The quantitative estimate of drug-likeness (QED) is 0.0679. The molecule has 0 N–H and O–H groups in total. The van der Waals surface area contributed by atoms with Crippen LogP contribution in [0.2, 0.25) is 0 Å². The van der Waals surface area contributed by atoms with Crippen molar-refractivity contribution in [3.63, 3.8) is 0 Å². The zero-order valence-electron chi connectivity index (χ0n) is 24.3. The molecule has 6 rings (SSSR count). The fraction of sp³-hybridized carbons (Fsp3) is 0.0526. The van der Waals surface area contributed by atoms with Gasteiger partial charge in [0.15, 0.2) is 0 Å². The highest BCUT2D eigenvalue weighted by Gasteiger charge is 2.48. The van der Waals surface area contributed by atoms with Gasteiger partial charge in [-0.2, -0.15) is 0 Å². The number of azide groups is 2. The van der Waals surface area contributed by atoms with Crippen LogP contribution in [-0.2, 0) is 15.9 Å². The van der Waals surface area contributed by atoms with Gasteiger partial charge in [0.05, 0.1) is 0 Å². The van der Waals surface area contributed by atoms with E-state index in [9.17, 15) is 0 Å². The van der Waals surface area contributed by atoms with E-state index in [0.717, 1.165) is 33.4 Å². The van der Waals surface area contributed by atoms with E-state index in [1.165, 1.54) is 0 Å². The molecule has 0 atom stereocenters. The molecule has 0 aliphatic rings. The molecule has 0 saturated carbocycles. The van der Waals surface area contributed by atoms with E-state index >= 15 is 0 Å². The monoisotopic (exact) mass is 584 g/mol. The van der Waals surface area contributed by atoms with Crippen molar-refractivity contribution in [2.24, 2.45) is 10.2 Å². The molecule has 0 fully saturated rings. The molecule has 6 aromatic rings. The molecule has 0 radical (unpaired) electrons. The van der Waals surface area contributed by atoms with Gasteiger partial charge in [0, 0.05) is 21.2 Å². The van der Waals surface area contributed by atoms with Crippen LogP contribution in [0.25, 0.3) is 20.9 Å². The summed E-state index contributed by atoms with van der Waals surface area (Å²) in [6.07, 6.45) is 0. The minimum atomic E-state index is -1.16. The largest absolute Gasteiger partial charge is 0.340 e. The van der Waals surface area contributed by atoms with Crippen LogP contribution in [0.15, 0.2) is 180 Å². The molecule has 0 spiro atoms. The average molecular weight is 585 g/mol. The van der Waals surface area contributed by atoms with Gasteiger partial charge < -0.3 is 4.74 Å². The zero-order valence-corrected chi connectivity index (χ0v) is 24.3. The van der Waals surface area contributed by atoms with Crippen LogP contribution in [-0.4, -0.2) is 0 Å². The topological polar surface area (TPSA) is 107 Å². The van der Waals surface area contributed by atoms with Gasteiger partial charge in [-0.1, -0.05) is 180 Å². The van der Waals surface area contributed by atoms with Gasteiger partial charge in [-0.05, 0) is 44.4 Å². The molecule has 45 heavy (non-hydrogen) atoms. The maximum Gasteiger partial charge on any atom is 0.145 e. The van der Waals surface area contributed by atoms with E-state index in [-0.39, 0.29) is 0 Å². The summed E-state index contributed by atoms with van der Waals surface area (Å²) in [6, 6.07) is 55.6. The van der Waals surface area contributed by atoms with E-state index in [4.69, 9.17) is 15.8 Å². The van der Waals surface area contributed by atoms with Crippen LogP contribution < -0.4 is 0 Å². The van der Waals surface area contributed by atoms with Crippen molar-refractivity contribution in [2.75, 3.05) is 0 Å². The van der Waals surface area contributed by atoms with Crippen LogP contribution in [0, 0.1) is 0 Å². The minimum Gasteiger partial charge on any atom is -0.340 e. The van der Waals surface area contributed by atoms with E-state index < -0.39 is 11.2 Å². The predicted molar refractivity (Wildman–Crippen MR) is 177 cm³/mol. The van der Waals surface area contributed by atoms with Gasteiger partial charge in [-0.25, -0.2) is 0 Å². The molecule has 0 heterocycles. The molecule has 216 valence electrons. The molecular formula is C38H28N6O. The van der Waals surface area contributed by atoms with Crippen molar-refractivity contribution >= 4 is 11.4 Å². The van der Waals surface area contributed by atoms with Crippen molar-refractivity contribution in [3.05, 3.63) is 224 Å². The highest BCUT2D eigenvalue weighted by Crippen LogP contribution is 2.51. The molecule has 7 heteroatoms. The first kappa shape index (κ1) is 29.0. The third kappa shape index (κ3) is 5.54. The Balaban J connectivity index is 1.75. The fourth-order valence-electron chi connectivity index (χ4n) is 5.90. The highest BCUT2D eigenvalue weighted by atomic mass is 16.5. The summed E-state index contributed by atoms with van der Waals surface area (Å²) in [4.78, 5) is 5.95. The van der Waals surface area contributed by atoms with Crippen LogP contribution in [0.5, 0.6) is 0 Å². The van der Waals surface area contributed by atoms with Crippen molar-refractivity contribution in [2.45, 2.75) is 11.2 Å². The van der Waals surface area contributed by atoms with Gasteiger partial charge in [-0.3, -0.25) is 0 Å². The molecule has 0 unspecified atom stereocenters. The molecular weight excluding hydrogens is 556 g/mol. The number of nitrogens with zero attached hydrogens (tertiary/aromatic N) is 6. The number of hydrogen-bond acceptors (Lipinski definition) is 3. The molecule has 7 nitrogen and oxygen atoms in total. The Morgan fingerprint density at radius 2 is 0.600 bits per heavy atom. The van der Waals surface area contributed by atoms with Gasteiger partial charge in [-0.15, -0.1) is 0 Å². The Labute approximate surface area is 261 Å². The SMILES string of the molecule is [N-]=[N+]=Nc1ccc(C(OC(c2ccccc2)(c2ccccc2)c2ccc(N=[N+]=[N-])cc2)(c2ccccc2)c2ccccc2)cc1.